The summed E-state index contributed by atoms with van der Waals surface area (Å²) in [6.07, 6.45) is -2.51. The third kappa shape index (κ3) is 4.12. The third-order valence-electron chi connectivity index (χ3n) is 2.24. The van der Waals surface area contributed by atoms with E-state index in [-0.39, 0.29) is 6.61 Å². The van der Waals surface area contributed by atoms with E-state index in [0.29, 0.717) is 6.61 Å². The second-order valence-electron chi connectivity index (χ2n) is 3.56. The highest BCUT2D eigenvalue weighted by Gasteiger charge is 2.41. The molecule has 9 heteroatoms. The molecule has 2 radical (unpaired) electrons. The topological polar surface area (TPSA) is 91.6 Å². The number of hydroxylamine groups is 2. The highest BCUT2D eigenvalue weighted by atomic mass is 31.1. The molecular weight excluding hydrogens is 248 g/mol. The Morgan fingerprint density at radius 1 is 1.41 bits per heavy atom. The Morgan fingerprint density at radius 3 is 2.71 bits per heavy atom. The minimum absolute atomic E-state index is 0.0392. The van der Waals surface area contributed by atoms with Crippen LogP contribution in [0.15, 0.2) is 0 Å². The SMILES string of the molecule is [B]C1OC(COPO)C(O)N(OCCC)C1O. The van der Waals surface area contributed by atoms with Gasteiger partial charge < -0.3 is 24.4 Å². The van der Waals surface area contributed by atoms with Crippen LogP contribution in [-0.2, 0) is 14.1 Å². The molecule has 0 aromatic heterocycles. The van der Waals surface area contributed by atoms with E-state index in [1.54, 1.807) is 0 Å². The first-order valence-corrected chi connectivity index (χ1v) is 6.16. The quantitative estimate of drug-likeness (QED) is 0.405. The molecule has 0 aromatic rings. The molecule has 5 unspecified atom stereocenters. The normalized spacial score (nSPS) is 35.8. The van der Waals surface area contributed by atoms with Crippen molar-refractivity contribution < 1.29 is 29.2 Å². The van der Waals surface area contributed by atoms with E-state index in [9.17, 15) is 10.2 Å². The molecule has 7 nitrogen and oxygen atoms in total. The Balaban J connectivity index is 2.58. The first-order valence-electron chi connectivity index (χ1n) is 5.31. The lowest BCUT2D eigenvalue weighted by atomic mass is 9.96. The number of aliphatic hydroxyl groups is 2. The van der Waals surface area contributed by atoms with Gasteiger partial charge in [-0.2, -0.15) is 0 Å². The summed E-state index contributed by atoms with van der Waals surface area (Å²) in [7, 11) is 4.84. The number of hydrogen-bond donors (Lipinski definition) is 3. The lowest BCUT2D eigenvalue weighted by Gasteiger charge is -2.43. The Morgan fingerprint density at radius 2 is 2.12 bits per heavy atom. The Kier molecular flexibility index (Phi) is 6.83. The van der Waals surface area contributed by atoms with Gasteiger partial charge in [0.1, 0.15) is 20.2 Å². The van der Waals surface area contributed by atoms with Gasteiger partial charge in [0.05, 0.1) is 19.2 Å². The second-order valence-corrected chi connectivity index (χ2v) is 4.03. The lowest BCUT2D eigenvalue weighted by Crippen LogP contribution is -2.61. The van der Waals surface area contributed by atoms with Crippen molar-refractivity contribution in [3.05, 3.63) is 0 Å². The minimum atomic E-state index is -1.25. The van der Waals surface area contributed by atoms with Crippen LogP contribution in [0.3, 0.4) is 0 Å². The molecule has 17 heavy (non-hydrogen) atoms. The molecule has 0 spiro atoms. The van der Waals surface area contributed by atoms with Crippen molar-refractivity contribution in [2.75, 3.05) is 13.2 Å². The summed E-state index contributed by atoms with van der Waals surface area (Å²) in [5.74, 6) is 0. The number of ether oxygens (including phenoxy) is 1. The van der Waals surface area contributed by atoms with Crippen LogP contribution in [0.2, 0.25) is 0 Å². The monoisotopic (exact) mass is 265 g/mol. The number of morpholine rings is 1. The van der Waals surface area contributed by atoms with Gasteiger partial charge in [0, 0.05) is 0 Å². The number of hydrogen-bond acceptors (Lipinski definition) is 7. The summed E-state index contributed by atoms with van der Waals surface area (Å²) in [6.45, 7) is 2.20. The van der Waals surface area contributed by atoms with Gasteiger partial charge in [0.15, 0.2) is 15.3 Å². The van der Waals surface area contributed by atoms with Gasteiger partial charge in [-0.25, -0.2) is 0 Å². The largest absolute Gasteiger partial charge is 0.374 e. The smallest absolute Gasteiger partial charge is 0.161 e. The fourth-order valence-corrected chi connectivity index (χ4v) is 1.64. The average Bonchev–Trinajstić information content (AvgIpc) is 2.32. The van der Waals surface area contributed by atoms with Crippen molar-refractivity contribution in [1.82, 2.24) is 5.06 Å². The van der Waals surface area contributed by atoms with E-state index in [4.69, 9.17) is 26.8 Å². The van der Waals surface area contributed by atoms with Gasteiger partial charge in [0.25, 0.3) is 0 Å². The zero-order valence-corrected chi connectivity index (χ0v) is 10.5. The standard InChI is InChI=1S/C8H17BNO6P/c1-2-3-14-10-7(11)5(4-15-17-13)16-6(9)8(10)12/h5-8,11-13,17H,2-4H2,1H3. The van der Waals surface area contributed by atoms with E-state index < -0.39 is 33.6 Å². The molecule has 0 saturated carbocycles. The van der Waals surface area contributed by atoms with Crippen LogP contribution in [0.25, 0.3) is 0 Å². The maximum atomic E-state index is 9.87. The maximum Gasteiger partial charge on any atom is 0.161 e. The molecule has 0 bridgehead atoms. The van der Waals surface area contributed by atoms with Gasteiger partial charge >= 0.3 is 0 Å². The number of aliphatic hydroxyl groups excluding tert-OH is 2. The van der Waals surface area contributed by atoms with Gasteiger partial charge in [-0.05, 0) is 6.42 Å². The molecule has 3 N–H and O–H groups in total. The van der Waals surface area contributed by atoms with Crippen LogP contribution in [-0.4, -0.2) is 65.8 Å². The first-order chi connectivity index (χ1) is 8.11. The summed E-state index contributed by atoms with van der Waals surface area (Å²) in [5.41, 5.74) is 0. The number of nitrogens with zero attached hydrogens (tertiary/aromatic N) is 1. The van der Waals surface area contributed by atoms with Crippen molar-refractivity contribution in [3.63, 3.8) is 0 Å². The molecule has 1 heterocycles. The summed E-state index contributed by atoms with van der Waals surface area (Å²) in [4.78, 5) is 13.7. The maximum absolute atomic E-state index is 9.87. The minimum Gasteiger partial charge on any atom is -0.374 e. The van der Waals surface area contributed by atoms with Crippen LogP contribution >= 0.6 is 9.03 Å². The van der Waals surface area contributed by atoms with Crippen LogP contribution in [0.4, 0.5) is 0 Å². The lowest BCUT2D eigenvalue weighted by molar-refractivity contribution is -0.367. The van der Waals surface area contributed by atoms with Gasteiger partial charge in [-0.1, -0.05) is 6.92 Å². The molecule has 0 aromatic carbocycles. The molecule has 1 rings (SSSR count). The Bertz CT molecular complexity index is 226. The predicted octanol–water partition coefficient (Wildman–Crippen LogP) is -1.32. The molecule has 1 aliphatic heterocycles. The summed E-state index contributed by atoms with van der Waals surface area (Å²) in [5, 5.41) is 20.5. The molecule has 98 valence electrons. The summed E-state index contributed by atoms with van der Waals surface area (Å²) >= 11 is 0. The zero-order valence-electron chi connectivity index (χ0n) is 9.52. The molecule has 1 aliphatic rings. The molecule has 0 aliphatic carbocycles. The van der Waals surface area contributed by atoms with E-state index in [1.807, 2.05) is 6.92 Å². The van der Waals surface area contributed by atoms with Crippen molar-refractivity contribution in [1.29, 1.82) is 0 Å². The first kappa shape index (κ1) is 15.3. The van der Waals surface area contributed by atoms with Crippen LogP contribution in [0, 0.1) is 0 Å². The van der Waals surface area contributed by atoms with E-state index in [2.05, 4.69) is 0 Å². The Labute approximate surface area is 103 Å². The van der Waals surface area contributed by atoms with E-state index >= 15 is 0 Å². The Hall–Kier alpha value is 0.215. The van der Waals surface area contributed by atoms with Crippen molar-refractivity contribution >= 4 is 16.9 Å². The average molecular weight is 265 g/mol. The van der Waals surface area contributed by atoms with Crippen molar-refractivity contribution in [2.45, 2.75) is 37.9 Å². The zero-order chi connectivity index (χ0) is 12.8. The summed E-state index contributed by atoms with van der Waals surface area (Å²) in [6, 6.07) is -1.01. The van der Waals surface area contributed by atoms with Gasteiger partial charge in [-0.15, -0.1) is 5.06 Å². The molecule has 0 amide bonds. The fraction of sp³-hybridized carbons (Fsp3) is 1.00. The predicted molar refractivity (Wildman–Crippen MR) is 61.0 cm³/mol. The molecule has 5 atom stereocenters. The van der Waals surface area contributed by atoms with Gasteiger partial charge in [-0.3, -0.25) is 4.84 Å². The van der Waals surface area contributed by atoms with E-state index in [0.717, 1.165) is 11.5 Å². The summed E-state index contributed by atoms with van der Waals surface area (Å²) < 4.78 is 9.91. The van der Waals surface area contributed by atoms with Crippen molar-refractivity contribution in [2.24, 2.45) is 0 Å². The highest BCUT2D eigenvalue weighted by Crippen LogP contribution is 2.22. The highest BCUT2D eigenvalue weighted by molar-refractivity contribution is 7.24. The van der Waals surface area contributed by atoms with Gasteiger partial charge in [0.2, 0.25) is 0 Å². The van der Waals surface area contributed by atoms with Crippen LogP contribution < -0.4 is 0 Å². The second kappa shape index (κ2) is 7.61. The molecule has 1 saturated heterocycles. The van der Waals surface area contributed by atoms with Crippen LogP contribution in [0.5, 0.6) is 0 Å². The van der Waals surface area contributed by atoms with E-state index in [1.165, 1.54) is 0 Å². The fourth-order valence-electron chi connectivity index (χ4n) is 1.40. The van der Waals surface area contributed by atoms with Crippen molar-refractivity contribution in [3.8, 4) is 0 Å². The molecule has 1 fully saturated rings. The molecular formula is C8H17BNO6P. The van der Waals surface area contributed by atoms with Crippen LogP contribution in [0.1, 0.15) is 13.3 Å². The number of rotatable bonds is 6. The third-order valence-corrected chi connectivity index (χ3v) is 2.53.